The highest BCUT2D eigenvalue weighted by Gasteiger charge is 2.09. The molecule has 0 N–H and O–H groups in total. The highest BCUT2D eigenvalue weighted by Crippen LogP contribution is 2.22. The molecule has 1 nitrogen and oxygen atoms in total. The molecular formula is C17H24O. The van der Waals surface area contributed by atoms with Crippen molar-refractivity contribution in [3.05, 3.63) is 42.0 Å². The minimum atomic E-state index is 0.229. The predicted octanol–water partition coefficient (Wildman–Crippen LogP) is 4.88. The fourth-order valence-corrected chi connectivity index (χ4v) is 1.79. The summed E-state index contributed by atoms with van der Waals surface area (Å²) in [6.45, 7) is 6.72. The van der Waals surface area contributed by atoms with Crippen molar-refractivity contribution in [1.29, 1.82) is 0 Å². The summed E-state index contributed by atoms with van der Waals surface area (Å²) in [5.41, 5.74) is 1.46. The van der Waals surface area contributed by atoms with Gasteiger partial charge in [-0.1, -0.05) is 63.6 Å². The first-order valence-electron chi connectivity index (χ1n) is 6.73. The minimum Gasteiger partial charge on any atom is -0.295 e. The number of rotatable bonds is 6. The second-order valence-corrected chi connectivity index (χ2v) is 5.98. The van der Waals surface area contributed by atoms with E-state index in [2.05, 4.69) is 20.8 Å². The number of carbonyl (C=O) groups is 1. The van der Waals surface area contributed by atoms with E-state index < -0.39 is 0 Å². The topological polar surface area (TPSA) is 17.1 Å². The van der Waals surface area contributed by atoms with E-state index in [0.717, 1.165) is 18.4 Å². The van der Waals surface area contributed by atoms with Crippen LogP contribution >= 0.6 is 0 Å². The molecule has 0 aliphatic heterocycles. The maximum Gasteiger partial charge on any atom is 0.155 e. The van der Waals surface area contributed by atoms with E-state index >= 15 is 0 Å². The zero-order valence-electron chi connectivity index (χ0n) is 11.8. The van der Waals surface area contributed by atoms with Crippen LogP contribution in [0.15, 0.2) is 36.4 Å². The van der Waals surface area contributed by atoms with Gasteiger partial charge in [0.2, 0.25) is 0 Å². The summed E-state index contributed by atoms with van der Waals surface area (Å²) in [5, 5.41) is 0. The summed E-state index contributed by atoms with van der Waals surface area (Å²) in [6.07, 6.45) is 7.57. The lowest BCUT2D eigenvalue weighted by Gasteiger charge is -2.17. The fraction of sp³-hybridized carbons (Fsp3) is 0.471. The smallest absolute Gasteiger partial charge is 0.155 e. The third-order valence-corrected chi connectivity index (χ3v) is 2.86. The van der Waals surface area contributed by atoms with Crippen molar-refractivity contribution in [2.75, 3.05) is 0 Å². The second-order valence-electron chi connectivity index (χ2n) is 5.98. The van der Waals surface area contributed by atoms with Crippen molar-refractivity contribution in [1.82, 2.24) is 0 Å². The molecule has 18 heavy (non-hydrogen) atoms. The maximum absolute atomic E-state index is 11.7. The SMILES string of the molecule is CC(C)(C)CCCCC(=O)C=Cc1ccccc1. The molecule has 1 aromatic rings. The molecule has 0 saturated carbocycles. The van der Waals surface area contributed by atoms with Gasteiger partial charge in [-0.05, 0) is 29.9 Å². The van der Waals surface area contributed by atoms with Crippen LogP contribution in [-0.2, 0) is 4.79 Å². The summed E-state index contributed by atoms with van der Waals surface area (Å²) < 4.78 is 0. The molecule has 1 rings (SSSR count). The summed E-state index contributed by atoms with van der Waals surface area (Å²) in [6, 6.07) is 9.94. The lowest BCUT2D eigenvalue weighted by molar-refractivity contribution is -0.114. The van der Waals surface area contributed by atoms with Gasteiger partial charge in [-0.25, -0.2) is 0 Å². The van der Waals surface area contributed by atoms with Crippen LogP contribution in [0.2, 0.25) is 0 Å². The number of hydrogen-bond acceptors (Lipinski definition) is 1. The Hall–Kier alpha value is -1.37. The molecule has 0 heterocycles. The quantitative estimate of drug-likeness (QED) is 0.515. The molecule has 98 valence electrons. The first-order valence-corrected chi connectivity index (χ1v) is 6.73. The van der Waals surface area contributed by atoms with Gasteiger partial charge in [0.05, 0.1) is 0 Å². The molecule has 0 radical (unpaired) electrons. The molecule has 1 heteroatoms. The van der Waals surface area contributed by atoms with E-state index in [1.807, 2.05) is 36.4 Å². The molecule has 0 fully saturated rings. The molecule has 0 aliphatic rings. The third kappa shape index (κ3) is 7.05. The monoisotopic (exact) mass is 244 g/mol. The number of ketones is 1. The van der Waals surface area contributed by atoms with Crippen LogP contribution in [0.4, 0.5) is 0 Å². The third-order valence-electron chi connectivity index (χ3n) is 2.86. The number of carbonyl (C=O) groups excluding carboxylic acids is 1. The van der Waals surface area contributed by atoms with Crippen LogP contribution in [0.3, 0.4) is 0 Å². The average Bonchev–Trinajstić information content (AvgIpc) is 2.32. The predicted molar refractivity (Wildman–Crippen MR) is 78.4 cm³/mol. The number of allylic oxidation sites excluding steroid dienone is 1. The summed E-state index contributed by atoms with van der Waals surface area (Å²) >= 11 is 0. The molecule has 0 atom stereocenters. The van der Waals surface area contributed by atoms with Crippen LogP contribution in [0.1, 0.15) is 52.0 Å². The maximum atomic E-state index is 11.7. The number of hydrogen-bond donors (Lipinski definition) is 0. The molecule has 0 saturated heterocycles. The fourth-order valence-electron chi connectivity index (χ4n) is 1.79. The van der Waals surface area contributed by atoms with Crippen molar-refractivity contribution in [3.8, 4) is 0 Å². The average molecular weight is 244 g/mol. The van der Waals surface area contributed by atoms with Gasteiger partial charge in [-0.3, -0.25) is 4.79 Å². The zero-order valence-corrected chi connectivity index (χ0v) is 11.8. The first-order chi connectivity index (χ1) is 8.47. The number of unbranched alkanes of at least 4 members (excludes halogenated alkanes) is 1. The van der Waals surface area contributed by atoms with Crippen LogP contribution < -0.4 is 0 Å². The zero-order chi connectivity index (χ0) is 13.4. The molecule has 0 bridgehead atoms. The van der Waals surface area contributed by atoms with Crippen LogP contribution in [0.25, 0.3) is 6.08 Å². The highest BCUT2D eigenvalue weighted by atomic mass is 16.1. The summed E-state index contributed by atoms with van der Waals surface area (Å²) in [7, 11) is 0. The lowest BCUT2D eigenvalue weighted by atomic mass is 9.89. The van der Waals surface area contributed by atoms with Gasteiger partial charge in [0, 0.05) is 6.42 Å². The van der Waals surface area contributed by atoms with E-state index in [1.54, 1.807) is 6.08 Å². The standard InChI is InChI=1S/C17H24O/c1-17(2,3)14-8-7-11-16(18)13-12-15-9-5-4-6-10-15/h4-6,9-10,12-13H,7-8,11,14H2,1-3H3. The summed E-state index contributed by atoms with van der Waals surface area (Å²) in [4.78, 5) is 11.7. The Bertz CT molecular complexity index is 382. The van der Waals surface area contributed by atoms with Gasteiger partial charge in [-0.15, -0.1) is 0 Å². The van der Waals surface area contributed by atoms with Gasteiger partial charge in [-0.2, -0.15) is 0 Å². The first kappa shape index (κ1) is 14.7. The lowest BCUT2D eigenvalue weighted by Crippen LogP contribution is -2.04. The molecule has 0 aliphatic carbocycles. The molecule has 0 aromatic heterocycles. The van der Waals surface area contributed by atoms with E-state index in [9.17, 15) is 4.79 Å². The Morgan fingerprint density at radius 2 is 1.78 bits per heavy atom. The van der Waals surface area contributed by atoms with E-state index in [1.165, 1.54) is 6.42 Å². The largest absolute Gasteiger partial charge is 0.295 e. The molecule has 0 unspecified atom stereocenters. The Morgan fingerprint density at radius 1 is 1.11 bits per heavy atom. The van der Waals surface area contributed by atoms with Gasteiger partial charge in [0.1, 0.15) is 0 Å². The van der Waals surface area contributed by atoms with Gasteiger partial charge >= 0.3 is 0 Å². The Kier molecular flexibility index (Phi) is 5.84. The highest BCUT2D eigenvalue weighted by molar-refractivity contribution is 5.93. The van der Waals surface area contributed by atoms with Crippen molar-refractivity contribution < 1.29 is 4.79 Å². The van der Waals surface area contributed by atoms with Gasteiger partial charge in [0.25, 0.3) is 0 Å². The summed E-state index contributed by atoms with van der Waals surface area (Å²) in [5.74, 6) is 0.229. The van der Waals surface area contributed by atoms with Crippen LogP contribution in [0.5, 0.6) is 0 Å². The Morgan fingerprint density at radius 3 is 2.39 bits per heavy atom. The Labute approximate surface area is 111 Å². The van der Waals surface area contributed by atoms with E-state index in [-0.39, 0.29) is 5.78 Å². The normalized spacial score (nSPS) is 11.9. The molecule has 0 spiro atoms. The second kappa shape index (κ2) is 7.15. The molecule has 1 aromatic carbocycles. The van der Waals surface area contributed by atoms with Gasteiger partial charge in [0.15, 0.2) is 5.78 Å². The van der Waals surface area contributed by atoms with Crippen molar-refractivity contribution in [3.63, 3.8) is 0 Å². The number of benzene rings is 1. The Balaban J connectivity index is 2.24. The molecular weight excluding hydrogens is 220 g/mol. The van der Waals surface area contributed by atoms with Gasteiger partial charge < -0.3 is 0 Å². The molecule has 0 amide bonds. The van der Waals surface area contributed by atoms with Crippen LogP contribution in [-0.4, -0.2) is 5.78 Å². The minimum absolute atomic E-state index is 0.229. The van der Waals surface area contributed by atoms with Crippen LogP contribution in [0, 0.1) is 5.41 Å². The van der Waals surface area contributed by atoms with E-state index in [4.69, 9.17) is 0 Å². The van der Waals surface area contributed by atoms with Crippen molar-refractivity contribution in [2.45, 2.75) is 46.5 Å². The van der Waals surface area contributed by atoms with E-state index in [0.29, 0.717) is 11.8 Å². The van der Waals surface area contributed by atoms with Crippen molar-refractivity contribution >= 4 is 11.9 Å². The van der Waals surface area contributed by atoms with Crippen molar-refractivity contribution in [2.24, 2.45) is 5.41 Å².